The van der Waals surface area contributed by atoms with Gasteiger partial charge in [0.25, 0.3) is 0 Å². The number of aliphatic imine (C=N–C) groups is 1. The van der Waals surface area contributed by atoms with Crippen molar-refractivity contribution < 1.29 is 18.9 Å². The minimum Gasteiger partial charge on any atom is -0.611 e. The summed E-state index contributed by atoms with van der Waals surface area (Å²) in [4.78, 5) is 15.6. The number of carboxylic acid groups (broad SMARTS) is 1. The maximum Gasteiger partial charge on any atom is 0.335 e. The maximum atomic E-state index is 12.3. The van der Waals surface area contributed by atoms with E-state index < -0.39 is 17.1 Å². The van der Waals surface area contributed by atoms with Gasteiger partial charge in [0.1, 0.15) is 16.0 Å². The lowest BCUT2D eigenvalue weighted by atomic mass is 10.2. The first-order valence-electron chi connectivity index (χ1n) is 6.45. The smallest absolute Gasteiger partial charge is 0.335 e. The van der Waals surface area contributed by atoms with Crippen LogP contribution in [0.15, 0.2) is 44.8 Å². The lowest BCUT2D eigenvalue weighted by Crippen LogP contribution is -2.15. The van der Waals surface area contributed by atoms with E-state index in [9.17, 15) is 14.5 Å². The van der Waals surface area contributed by atoms with Crippen LogP contribution in [0.2, 0.25) is 5.02 Å². The van der Waals surface area contributed by atoms with Gasteiger partial charge in [0, 0.05) is 6.07 Å². The van der Waals surface area contributed by atoms with E-state index in [1.165, 1.54) is 24.6 Å². The molecule has 1 aromatic heterocycles. The minimum atomic E-state index is -1.42. The van der Waals surface area contributed by atoms with Crippen molar-refractivity contribution in [1.82, 2.24) is 0 Å². The Morgan fingerprint density at radius 3 is 2.77 bits per heavy atom. The van der Waals surface area contributed by atoms with Crippen LogP contribution in [0.5, 0.6) is 0 Å². The zero-order valence-electron chi connectivity index (χ0n) is 11.9. The predicted octanol–water partition coefficient (Wildman–Crippen LogP) is 3.90. The van der Waals surface area contributed by atoms with Crippen molar-refractivity contribution in [2.24, 2.45) is 4.99 Å². The summed E-state index contributed by atoms with van der Waals surface area (Å²) in [5, 5.41) is 9.17. The molecule has 1 N–H and O–H groups in total. The molecular weight excluding hydrogens is 326 g/mol. The van der Waals surface area contributed by atoms with E-state index in [0.717, 1.165) is 0 Å². The summed E-state index contributed by atoms with van der Waals surface area (Å²) < 4.78 is 17.4. The molecule has 2 rings (SSSR count). The van der Waals surface area contributed by atoms with Crippen molar-refractivity contribution in [1.29, 1.82) is 0 Å². The number of rotatable bonds is 5. The molecular formula is C15H14ClNO4S. The van der Waals surface area contributed by atoms with Crippen molar-refractivity contribution in [2.75, 3.05) is 0 Å². The van der Waals surface area contributed by atoms with Gasteiger partial charge in [0.15, 0.2) is 4.90 Å². The van der Waals surface area contributed by atoms with Gasteiger partial charge in [-0.15, -0.1) is 0 Å². The van der Waals surface area contributed by atoms with Gasteiger partial charge in [-0.05, 0) is 43.2 Å². The Balaban J connectivity index is 2.50. The van der Waals surface area contributed by atoms with Gasteiger partial charge < -0.3 is 14.1 Å². The molecule has 0 fully saturated rings. The van der Waals surface area contributed by atoms with E-state index in [1.807, 2.05) is 0 Å². The van der Waals surface area contributed by atoms with Crippen molar-refractivity contribution in [3.8, 4) is 0 Å². The standard InChI is InChI=1S/C15H14ClNO4S/c1-9(2)22(20)13-7-10(15(18)19)6-12(14(13)16)17-8-11-4-3-5-21-11/h3-9H,1-2H3,(H,18,19)/b17-8+. The molecule has 0 aliphatic rings. The van der Waals surface area contributed by atoms with Gasteiger partial charge >= 0.3 is 5.97 Å². The SMILES string of the molecule is CC(C)[S+]([O-])c1cc(C(=O)O)cc(/N=C/c2ccco2)c1Cl. The molecule has 0 radical (unpaired) electrons. The first kappa shape index (κ1) is 16.6. The molecule has 1 heterocycles. The number of halogens is 1. The van der Waals surface area contributed by atoms with Crippen LogP contribution in [0.4, 0.5) is 5.69 Å². The summed E-state index contributed by atoms with van der Waals surface area (Å²) in [6.07, 6.45) is 2.92. The number of aromatic carboxylic acids is 1. The van der Waals surface area contributed by atoms with Crippen molar-refractivity contribution >= 4 is 40.6 Å². The highest BCUT2D eigenvalue weighted by Gasteiger charge is 2.24. The van der Waals surface area contributed by atoms with Crippen LogP contribution in [-0.2, 0) is 11.2 Å². The van der Waals surface area contributed by atoms with Gasteiger partial charge in [-0.2, -0.15) is 0 Å². The maximum absolute atomic E-state index is 12.3. The number of furan rings is 1. The number of hydrogen-bond donors (Lipinski definition) is 1. The summed E-state index contributed by atoms with van der Waals surface area (Å²) >= 11 is 4.82. The molecule has 0 spiro atoms. The molecule has 0 bridgehead atoms. The largest absolute Gasteiger partial charge is 0.611 e. The molecule has 116 valence electrons. The summed E-state index contributed by atoms with van der Waals surface area (Å²) in [5.74, 6) is -0.628. The highest BCUT2D eigenvalue weighted by Crippen LogP contribution is 2.35. The highest BCUT2D eigenvalue weighted by molar-refractivity contribution is 7.92. The molecule has 1 atom stereocenters. The van der Waals surface area contributed by atoms with Gasteiger partial charge in [0.2, 0.25) is 0 Å². The van der Waals surface area contributed by atoms with Crippen LogP contribution in [0.1, 0.15) is 30.0 Å². The average Bonchev–Trinajstić information content (AvgIpc) is 2.98. The fraction of sp³-hybridized carbons (Fsp3) is 0.200. The molecule has 0 aliphatic heterocycles. The van der Waals surface area contributed by atoms with Crippen LogP contribution in [0.3, 0.4) is 0 Å². The van der Waals surface area contributed by atoms with Gasteiger partial charge in [0.05, 0.1) is 23.7 Å². The number of nitrogens with zero attached hydrogens (tertiary/aromatic N) is 1. The van der Waals surface area contributed by atoms with E-state index in [2.05, 4.69) is 4.99 Å². The topological polar surface area (TPSA) is 85.9 Å². The van der Waals surface area contributed by atoms with Crippen LogP contribution in [0.25, 0.3) is 0 Å². The monoisotopic (exact) mass is 339 g/mol. The van der Waals surface area contributed by atoms with Crippen LogP contribution in [-0.4, -0.2) is 27.1 Å². The van der Waals surface area contributed by atoms with Gasteiger partial charge in [-0.25, -0.2) is 4.79 Å². The van der Waals surface area contributed by atoms with Crippen molar-refractivity contribution in [3.05, 3.63) is 46.9 Å². The Kier molecular flexibility index (Phi) is 5.28. The number of hydrogen-bond acceptors (Lipinski definition) is 4. The second-order valence-corrected chi connectivity index (χ2v) is 7.09. The third kappa shape index (κ3) is 3.71. The van der Waals surface area contributed by atoms with Crippen LogP contribution in [0, 0.1) is 0 Å². The first-order chi connectivity index (χ1) is 10.4. The second-order valence-electron chi connectivity index (χ2n) is 4.73. The number of carboxylic acids is 1. The Bertz CT molecular complexity index is 698. The van der Waals surface area contributed by atoms with E-state index >= 15 is 0 Å². The molecule has 1 aromatic carbocycles. The summed E-state index contributed by atoms with van der Waals surface area (Å²) in [6.45, 7) is 3.54. The highest BCUT2D eigenvalue weighted by atomic mass is 35.5. The Morgan fingerprint density at radius 2 is 2.23 bits per heavy atom. The van der Waals surface area contributed by atoms with Gasteiger partial charge in [-0.1, -0.05) is 11.6 Å². The second kappa shape index (κ2) is 7.00. The van der Waals surface area contributed by atoms with Crippen molar-refractivity contribution in [3.63, 3.8) is 0 Å². The molecule has 0 aliphatic carbocycles. The molecule has 2 aromatic rings. The van der Waals surface area contributed by atoms with E-state index in [1.54, 1.807) is 26.0 Å². The zero-order chi connectivity index (χ0) is 16.3. The molecule has 5 nitrogen and oxygen atoms in total. The molecule has 1 unspecified atom stereocenters. The zero-order valence-corrected chi connectivity index (χ0v) is 13.5. The summed E-state index contributed by atoms with van der Waals surface area (Å²) in [5.41, 5.74) is 0.224. The first-order valence-corrected chi connectivity index (χ1v) is 8.04. The molecule has 0 amide bonds. The summed E-state index contributed by atoms with van der Waals surface area (Å²) in [7, 11) is 0. The molecule has 0 saturated carbocycles. The molecule has 22 heavy (non-hydrogen) atoms. The quantitative estimate of drug-likeness (QED) is 0.661. The lowest BCUT2D eigenvalue weighted by Gasteiger charge is -2.16. The molecule has 0 saturated heterocycles. The van der Waals surface area contributed by atoms with Crippen LogP contribution < -0.4 is 0 Å². The normalized spacial score (nSPS) is 13.0. The van der Waals surface area contributed by atoms with Gasteiger partial charge in [-0.3, -0.25) is 4.99 Å². The number of benzene rings is 1. The average molecular weight is 340 g/mol. The lowest BCUT2D eigenvalue weighted by molar-refractivity contribution is 0.0696. The third-order valence-electron chi connectivity index (χ3n) is 2.79. The fourth-order valence-corrected chi connectivity index (χ4v) is 3.12. The van der Waals surface area contributed by atoms with Crippen LogP contribution >= 0.6 is 11.6 Å². The summed E-state index contributed by atoms with van der Waals surface area (Å²) in [6, 6.07) is 6.07. The van der Waals surface area contributed by atoms with Crippen molar-refractivity contribution in [2.45, 2.75) is 24.0 Å². The Labute approximate surface area is 135 Å². The van der Waals surface area contributed by atoms with E-state index in [0.29, 0.717) is 5.76 Å². The Hall–Kier alpha value is -1.76. The van der Waals surface area contributed by atoms with E-state index in [4.69, 9.17) is 16.0 Å². The fourth-order valence-electron chi connectivity index (χ4n) is 1.70. The Morgan fingerprint density at radius 1 is 1.50 bits per heavy atom. The van der Waals surface area contributed by atoms with E-state index in [-0.39, 0.29) is 26.4 Å². The number of carbonyl (C=O) groups is 1. The minimum absolute atomic E-state index is 0.0139. The third-order valence-corrected chi connectivity index (χ3v) is 4.91. The molecule has 7 heteroatoms. The predicted molar refractivity (Wildman–Crippen MR) is 85.9 cm³/mol.